The lowest BCUT2D eigenvalue weighted by molar-refractivity contribution is -0.00205. The van der Waals surface area contributed by atoms with Gasteiger partial charge in [0, 0.05) is 19.0 Å². The van der Waals surface area contributed by atoms with Gasteiger partial charge in [-0.3, -0.25) is 0 Å². The van der Waals surface area contributed by atoms with Crippen LogP contribution in [0.25, 0.3) is 0 Å². The molecular weight excluding hydrogens is 210 g/mol. The van der Waals surface area contributed by atoms with Crippen LogP contribution in [0.1, 0.15) is 47.5 Å². The Morgan fingerprint density at radius 2 is 1.76 bits per heavy atom. The van der Waals surface area contributed by atoms with Crippen molar-refractivity contribution >= 4 is 0 Å². The Hall–Kier alpha value is -0.0800. The maximum absolute atomic E-state index is 10.2. The van der Waals surface area contributed by atoms with Gasteiger partial charge in [-0.05, 0) is 37.1 Å². The van der Waals surface area contributed by atoms with Gasteiger partial charge in [0.25, 0.3) is 0 Å². The molecule has 0 aromatic heterocycles. The smallest absolute Gasteiger partial charge is 0.0585 e. The van der Waals surface area contributed by atoms with Crippen LogP contribution in [-0.2, 0) is 0 Å². The van der Waals surface area contributed by atoms with Crippen LogP contribution in [0.5, 0.6) is 0 Å². The van der Waals surface area contributed by atoms with Crippen LogP contribution >= 0.6 is 0 Å². The first-order valence-electron chi connectivity index (χ1n) is 7.05. The van der Waals surface area contributed by atoms with Gasteiger partial charge < -0.3 is 10.0 Å². The molecule has 2 heteroatoms. The predicted molar refractivity (Wildman–Crippen MR) is 74.0 cm³/mol. The zero-order valence-corrected chi connectivity index (χ0v) is 12.5. The number of hydrogen-bond donors (Lipinski definition) is 1. The summed E-state index contributed by atoms with van der Waals surface area (Å²) in [6.07, 6.45) is 2.15. The maximum atomic E-state index is 10.2. The van der Waals surface area contributed by atoms with Crippen LogP contribution in [0.15, 0.2) is 0 Å². The normalized spacial score (nSPS) is 35.3. The summed E-state index contributed by atoms with van der Waals surface area (Å²) in [5.41, 5.74) is 0.338. The fraction of sp³-hybridized carbons (Fsp3) is 1.00. The topological polar surface area (TPSA) is 23.5 Å². The van der Waals surface area contributed by atoms with Gasteiger partial charge in [-0.2, -0.15) is 0 Å². The largest absolute Gasteiger partial charge is 0.393 e. The quantitative estimate of drug-likeness (QED) is 0.821. The van der Waals surface area contributed by atoms with E-state index in [-0.39, 0.29) is 6.10 Å². The summed E-state index contributed by atoms with van der Waals surface area (Å²) in [4.78, 5) is 2.39. The molecule has 17 heavy (non-hydrogen) atoms. The highest BCUT2D eigenvalue weighted by Crippen LogP contribution is 2.34. The van der Waals surface area contributed by atoms with E-state index in [4.69, 9.17) is 0 Å². The Morgan fingerprint density at radius 1 is 1.18 bits per heavy atom. The van der Waals surface area contributed by atoms with E-state index >= 15 is 0 Å². The van der Waals surface area contributed by atoms with E-state index in [0.717, 1.165) is 19.5 Å². The molecule has 0 radical (unpaired) electrons. The molecule has 1 rings (SSSR count). The van der Waals surface area contributed by atoms with Crippen LogP contribution in [0.4, 0.5) is 0 Å². The summed E-state index contributed by atoms with van der Waals surface area (Å²) in [5.74, 6) is 1.79. The monoisotopic (exact) mass is 241 g/mol. The Kier molecular flexibility index (Phi) is 5.03. The van der Waals surface area contributed by atoms with Gasteiger partial charge in [0.2, 0.25) is 0 Å². The van der Waals surface area contributed by atoms with Crippen molar-refractivity contribution in [2.75, 3.05) is 20.1 Å². The Bertz CT molecular complexity index is 222. The van der Waals surface area contributed by atoms with Gasteiger partial charge in [0.15, 0.2) is 0 Å². The van der Waals surface area contributed by atoms with Gasteiger partial charge in [-0.15, -0.1) is 0 Å². The molecule has 1 N–H and O–H groups in total. The third kappa shape index (κ3) is 4.97. The molecule has 1 aliphatic carbocycles. The van der Waals surface area contributed by atoms with Crippen molar-refractivity contribution in [3.05, 3.63) is 0 Å². The average molecular weight is 241 g/mol. The first-order chi connectivity index (χ1) is 7.69. The van der Waals surface area contributed by atoms with E-state index in [1.807, 2.05) is 0 Å². The van der Waals surface area contributed by atoms with E-state index in [0.29, 0.717) is 23.2 Å². The Balaban J connectivity index is 2.49. The number of aliphatic hydroxyl groups excluding tert-OH is 1. The Morgan fingerprint density at radius 3 is 2.24 bits per heavy atom. The zero-order chi connectivity index (χ0) is 13.2. The highest BCUT2D eigenvalue weighted by molar-refractivity contribution is 4.85. The highest BCUT2D eigenvalue weighted by atomic mass is 16.3. The summed E-state index contributed by atoms with van der Waals surface area (Å²) in [6.45, 7) is 13.5. The van der Waals surface area contributed by atoms with Crippen molar-refractivity contribution in [2.24, 2.45) is 23.2 Å². The van der Waals surface area contributed by atoms with E-state index < -0.39 is 0 Å². The first kappa shape index (κ1) is 15.0. The van der Waals surface area contributed by atoms with Crippen molar-refractivity contribution < 1.29 is 5.11 Å². The Labute approximate surface area is 107 Å². The molecule has 0 aliphatic heterocycles. The minimum absolute atomic E-state index is 0.101. The minimum atomic E-state index is -0.101. The van der Waals surface area contributed by atoms with E-state index in [9.17, 15) is 5.11 Å². The second-order valence-electron chi connectivity index (χ2n) is 7.54. The molecule has 0 aromatic rings. The molecule has 0 amide bonds. The van der Waals surface area contributed by atoms with Crippen LogP contribution in [0, 0.1) is 23.2 Å². The van der Waals surface area contributed by atoms with Crippen LogP contribution in [0.3, 0.4) is 0 Å². The maximum Gasteiger partial charge on any atom is 0.0585 e. The number of nitrogens with zero attached hydrogens (tertiary/aromatic N) is 1. The molecule has 1 saturated carbocycles. The second kappa shape index (κ2) is 5.71. The standard InChI is InChI=1S/C15H31NO/c1-11-7-12(2)13(14(17)8-11)9-16(6)10-15(3,4)5/h11-14,17H,7-10H2,1-6H3. The molecular formula is C15H31NO. The molecule has 4 unspecified atom stereocenters. The molecule has 2 nitrogen and oxygen atoms in total. The van der Waals surface area contributed by atoms with Gasteiger partial charge in [0.05, 0.1) is 6.10 Å². The minimum Gasteiger partial charge on any atom is -0.393 e. The van der Waals surface area contributed by atoms with Crippen molar-refractivity contribution in [2.45, 2.75) is 53.6 Å². The lowest BCUT2D eigenvalue weighted by Gasteiger charge is -2.40. The summed E-state index contributed by atoms with van der Waals surface area (Å²) < 4.78 is 0. The van der Waals surface area contributed by atoms with Crippen LogP contribution in [-0.4, -0.2) is 36.2 Å². The molecule has 0 heterocycles. The van der Waals surface area contributed by atoms with Crippen LogP contribution in [0.2, 0.25) is 0 Å². The number of aliphatic hydroxyl groups is 1. The average Bonchev–Trinajstić information content (AvgIpc) is 2.08. The summed E-state index contributed by atoms with van der Waals surface area (Å²) in [5, 5.41) is 10.2. The summed E-state index contributed by atoms with van der Waals surface area (Å²) in [7, 11) is 2.18. The van der Waals surface area contributed by atoms with Gasteiger partial charge in [-0.1, -0.05) is 34.6 Å². The molecule has 1 aliphatic rings. The molecule has 0 saturated heterocycles. The predicted octanol–water partition coefficient (Wildman–Crippen LogP) is 3.01. The molecule has 4 atom stereocenters. The number of rotatable bonds is 3. The zero-order valence-electron chi connectivity index (χ0n) is 12.5. The van der Waals surface area contributed by atoms with Crippen molar-refractivity contribution in [3.8, 4) is 0 Å². The molecule has 102 valence electrons. The second-order valence-corrected chi connectivity index (χ2v) is 7.54. The van der Waals surface area contributed by atoms with Gasteiger partial charge in [0.1, 0.15) is 0 Å². The van der Waals surface area contributed by atoms with Crippen LogP contribution < -0.4 is 0 Å². The lowest BCUT2D eigenvalue weighted by atomic mass is 9.73. The molecule has 0 bridgehead atoms. The first-order valence-corrected chi connectivity index (χ1v) is 7.05. The number of hydrogen-bond acceptors (Lipinski definition) is 2. The van der Waals surface area contributed by atoms with E-state index in [2.05, 4.69) is 46.6 Å². The van der Waals surface area contributed by atoms with Gasteiger partial charge >= 0.3 is 0 Å². The van der Waals surface area contributed by atoms with Crippen molar-refractivity contribution in [1.29, 1.82) is 0 Å². The molecule has 1 fully saturated rings. The van der Waals surface area contributed by atoms with E-state index in [1.54, 1.807) is 0 Å². The van der Waals surface area contributed by atoms with Crippen molar-refractivity contribution in [3.63, 3.8) is 0 Å². The third-order valence-electron chi connectivity index (χ3n) is 3.91. The molecule has 0 spiro atoms. The highest BCUT2D eigenvalue weighted by Gasteiger charge is 2.33. The summed E-state index contributed by atoms with van der Waals surface area (Å²) >= 11 is 0. The van der Waals surface area contributed by atoms with Gasteiger partial charge in [-0.25, -0.2) is 0 Å². The third-order valence-corrected chi connectivity index (χ3v) is 3.91. The lowest BCUT2D eigenvalue weighted by Crippen LogP contribution is -2.43. The SMILES string of the molecule is CC1CC(C)C(CN(C)CC(C)(C)C)C(O)C1. The van der Waals surface area contributed by atoms with Crippen molar-refractivity contribution in [1.82, 2.24) is 4.90 Å². The summed E-state index contributed by atoms with van der Waals surface area (Å²) in [6, 6.07) is 0. The van der Waals surface area contributed by atoms with E-state index in [1.165, 1.54) is 6.42 Å². The fourth-order valence-electron chi connectivity index (χ4n) is 3.41. The fourth-order valence-corrected chi connectivity index (χ4v) is 3.41. The molecule has 0 aromatic carbocycles.